The predicted octanol–water partition coefficient (Wildman–Crippen LogP) is 4.07. The van der Waals surface area contributed by atoms with Gasteiger partial charge in [-0.1, -0.05) is 13.0 Å². The molecule has 1 aromatic heterocycles. The van der Waals surface area contributed by atoms with Gasteiger partial charge in [-0.05, 0) is 60.8 Å². The molecule has 1 aliphatic heterocycles. The summed E-state index contributed by atoms with van der Waals surface area (Å²) in [6.45, 7) is 3.70. The summed E-state index contributed by atoms with van der Waals surface area (Å²) in [6.07, 6.45) is -0.558. The molecule has 3 amide bonds. The van der Waals surface area contributed by atoms with Crippen molar-refractivity contribution in [2.24, 2.45) is 5.92 Å². The van der Waals surface area contributed by atoms with Crippen LogP contribution >= 0.6 is 11.3 Å². The molecule has 4 rings (SSSR count). The summed E-state index contributed by atoms with van der Waals surface area (Å²) in [5, 5.41) is 14.2. The summed E-state index contributed by atoms with van der Waals surface area (Å²) < 4.78 is 47.6. The molecule has 0 aliphatic carbocycles. The average Bonchev–Trinajstić information content (AvgIpc) is 3.48. The molecule has 0 radical (unpaired) electrons. The van der Waals surface area contributed by atoms with Crippen molar-refractivity contribution in [2.45, 2.75) is 30.2 Å². The molecule has 0 bridgehead atoms. The molecular formula is C27H31FN4O6S2. The van der Waals surface area contributed by atoms with Crippen molar-refractivity contribution in [3.63, 3.8) is 0 Å². The van der Waals surface area contributed by atoms with Gasteiger partial charge in [-0.2, -0.15) is 0 Å². The second kappa shape index (κ2) is 12.2. The minimum atomic E-state index is -3.85. The Morgan fingerprint density at radius 1 is 1.23 bits per heavy atom. The maximum Gasteiger partial charge on any atom is 0.321 e. The van der Waals surface area contributed by atoms with E-state index in [2.05, 4.69) is 10.0 Å². The highest BCUT2D eigenvalue weighted by Crippen LogP contribution is 2.32. The van der Waals surface area contributed by atoms with Crippen LogP contribution in [0.1, 0.15) is 24.2 Å². The van der Waals surface area contributed by atoms with Gasteiger partial charge in [0.2, 0.25) is 0 Å². The molecular weight excluding hydrogens is 559 g/mol. The number of nitrogens with one attached hydrogen (secondary N) is 2. The number of carbonyl (C=O) groups is 2. The van der Waals surface area contributed by atoms with E-state index < -0.39 is 39.9 Å². The van der Waals surface area contributed by atoms with Crippen molar-refractivity contribution in [3.05, 3.63) is 71.4 Å². The Bertz CT molecular complexity index is 1450. The van der Waals surface area contributed by atoms with Crippen LogP contribution in [0.3, 0.4) is 0 Å². The lowest BCUT2D eigenvalue weighted by molar-refractivity contribution is 0.0371. The Labute approximate surface area is 236 Å². The van der Waals surface area contributed by atoms with Crippen molar-refractivity contribution in [1.29, 1.82) is 0 Å². The summed E-state index contributed by atoms with van der Waals surface area (Å²) in [6, 6.07) is 12.0. The zero-order chi connectivity index (χ0) is 29.0. The highest BCUT2D eigenvalue weighted by Gasteiger charge is 2.34. The Kier molecular flexibility index (Phi) is 8.96. The fourth-order valence-corrected chi connectivity index (χ4v) is 6.27. The average molecular weight is 591 g/mol. The Morgan fingerprint density at radius 2 is 1.93 bits per heavy atom. The van der Waals surface area contributed by atoms with Gasteiger partial charge in [-0.3, -0.25) is 9.52 Å². The molecule has 3 aromatic rings. The van der Waals surface area contributed by atoms with E-state index in [0.29, 0.717) is 5.69 Å². The van der Waals surface area contributed by atoms with Crippen LogP contribution in [0.15, 0.2) is 64.2 Å². The minimum absolute atomic E-state index is 0.127. The number of ether oxygens (including phenoxy) is 1. The number of urea groups is 1. The number of hydrogen-bond donors (Lipinski definition) is 3. The SMILES string of the molecule is C[C@H](CO)N1C[C@H](C)[C@H](CN(C)C(=O)Nc2ccc(F)cc2)Oc2ccc(NS(=O)(=O)c3cccs3)cc2C1=O. The second-order valence-corrected chi connectivity index (χ2v) is 12.5. The maximum atomic E-state index is 13.6. The molecule has 0 spiro atoms. The van der Waals surface area contributed by atoms with Crippen molar-refractivity contribution in [1.82, 2.24) is 9.80 Å². The van der Waals surface area contributed by atoms with Crippen molar-refractivity contribution in [2.75, 3.05) is 36.8 Å². The monoisotopic (exact) mass is 590 g/mol. The van der Waals surface area contributed by atoms with Crippen LogP contribution in [0.2, 0.25) is 0 Å². The fraction of sp³-hybridized carbons (Fsp3) is 0.333. The number of anilines is 2. The molecule has 214 valence electrons. The molecule has 1 aliphatic rings. The smallest absolute Gasteiger partial charge is 0.321 e. The van der Waals surface area contributed by atoms with Gasteiger partial charge < -0.3 is 25.0 Å². The van der Waals surface area contributed by atoms with Gasteiger partial charge in [0.05, 0.1) is 24.8 Å². The number of carbonyl (C=O) groups excluding carboxylic acids is 2. The van der Waals surface area contributed by atoms with Crippen molar-refractivity contribution in [3.8, 4) is 5.75 Å². The number of halogens is 1. The quantitative estimate of drug-likeness (QED) is 0.363. The fourth-order valence-electron chi connectivity index (χ4n) is 4.23. The van der Waals surface area contributed by atoms with E-state index in [1.54, 1.807) is 25.4 Å². The third kappa shape index (κ3) is 6.72. The molecule has 0 saturated carbocycles. The van der Waals surface area contributed by atoms with Crippen LogP contribution in [0.5, 0.6) is 5.75 Å². The number of aliphatic hydroxyl groups is 1. The number of benzene rings is 2. The number of amides is 3. The number of likely N-dealkylation sites (N-methyl/N-ethyl adjacent to an activating group) is 1. The first kappa shape index (κ1) is 29.3. The highest BCUT2D eigenvalue weighted by molar-refractivity contribution is 7.94. The van der Waals surface area contributed by atoms with Crippen LogP contribution in [0, 0.1) is 11.7 Å². The lowest BCUT2D eigenvalue weighted by Gasteiger charge is -2.38. The van der Waals surface area contributed by atoms with Gasteiger partial charge in [0.25, 0.3) is 15.9 Å². The molecule has 2 heterocycles. The molecule has 0 unspecified atom stereocenters. The number of thiophene rings is 1. The third-order valence-electron chi connectivity index (χ3n) is 6.57. The Balaban J connectivity index is 1.60. The first-order chi connectivity index (χ1) is 19.0. The molecule has 10 nitrogen and oxygen atoms in total. The number of hydrogen-bond acceptors (Lipinski definition) is 7. The molecule has 13 heteroatoms. The van der Waals surface area contributed by atoms with E-state index in [1.165, 1.54) is 58.3 Å². The highest BCUT2D eigenvalue weighted by atomic mass is 32.2. The predicted molar refractivity (Wildman–Crippen MR) is 151 cm³/mol. The zero-order valence-electron chi connectivity index (χ0n) is 22.2. The lowest BCUT2D eigenvalue weighted by atomic mass is 9.99. The van der Waals surface area contributed by atoms with E-state index in [9.17, 15) is 27.5 Å². The van der Waals surface area contributed by atoms with Gasteiger partial charge in [0, 0.05) is 30.9 Å². The van der Waals surface area contributed by atoms with E-state index >= 15 is 0 Å². The molecule has 2 aromatic carbocycles. The lowest BCUT2D eigenvalue weighted by Crippen LogP contribution is -2.50. The zero-order valence-corrected chi connectivity index (χ0v) is 23.8. The summed E-state index contributed by atoms with van der Waals surface area (Å²) in [5.41, 5.74) is 0.741. The van der Waals surface area contributed by atoms with E-state index in [1.807, 2.05) is 6.92 Å². The summed E-state index contributed by atoms with van der Waals surface area (Å²) in [5.74, 6) is -0.853. The van der Waals surface area contributed by atoms with Crippen LogP contribution in [0.25, 0.3) is 0 Å². The molecule has 0 saturated heterocycles. The minimum Gasteiger partial charge on any atom is -0.487 e. The number of nitrogens with zero attached hydrogens (tertiary/aromatic N) is 2. The summed E-state index contributed by atoms with van der Waals surface area (Å²) in [7, 11) is -2.25. The Morgan fingerprint density at radius 3 is 2.58 bits per heavy atom. The first-order valence-electron chi connectivity index (χ1n) is 12.5. The topological polar surface area (TPSA) is 128 Å². The normalized spacial score (nSPS) is 18.1. The third-order valence-corrected chi connectivity index (χ3v) is 9.35. The van der Waals surface area contributed by atoms with Gasteiger partial charge in [0.1, 0.15) is 21.9 Å². The van der Waals surface area contributed by atoms with Gasteiger partial charge in [-0.25, -0.2) is 17.6 Å². The maximum absolute atomic E-state index is 13.6. The van der Waals surface area contributed by atoms with Crippen LogP contribution < -0.4 is 14.8 Å². The van der Waals surface area contributed by atoms with Crippen molar-refractivity contribution >= 4 is 44.7 Å². The van der Waals surface area contributed by atoms with Gasteiger partial charge >= 0.3 is 6.03 Å². The van der Waals surface area contributed by atoms with E-state index in [0.717, 1.165) is 11.3 Å². The molecule has 0 fully saturated rings. The van der Waals surface area contributed by atoms with Gasteiger partial charge in [-0.15, -0.1) is 11.3 Å². The summed E-state index contributed by atoms with van der Waals surface area (Å²) >= 11 is 1.07. The summed E-state index contributed by atoms with van der Waals surface area (Å²) in [4.78, 5) is 29.4. The number of fused-ring (bicyclic) bond motifs is 1. The molecule has 3 atom stereocenters. The standard InChI is InChI=1S/C27H31FN4O6S2/c1-17-14-32(18(2)16-33)26(34)22-13-21(30-40(36,37)25-5-4-12-39-25)10-11-23(22)38-24(17)15-31(3)27(35)29-20-8-6-19(28)7-9-20/h4-13,17-18,24,30,33H,14-16H2,1-3H3,(H,29,35)/t17-,18+,24-/m0/s1. The van der Waals surface area contributed by atoms with Gasteiger partial charge in [0.15, 0.2) is 0 Å². The number of aliphatic hydroxyl groups excluding tert-OH is 1. The number of rotatable bonds is 8. The molecule has 40 heavy (non-hydrogen) atoms. The van der Waals surface area contributed by atoms with E-state index in [4.69, 9.17) is 4.74 Å². The van der Waals surface area contributed by atoms with E-state index in [-0.39, 0.29) is 46.8 Å². The largest absolute Gasteiger partial charge is 0.487 e. The number of sulfonamides is 1. The van der Waals surface area contributed by atoms with Crippen LogP contribution in [-0.4, -0.2) is 74.2 Å². The van der Waals surface area contributed by atoms with Crippen molar-refractivity contribution < 1.29 is 32.2 Å². The molecule has 3 N–H and O–H groups in total. The van der Waals surface area contributed by atoms with Crippen LogP contribution in [-0.2, 0) is 10.0 Å². The van der Waals surface area contributed by atoms with Crippen LogP contribution in [0.4, 0.5) is 20.6 Å². The first-order valence-corrected chi connectivity index (χ1v) is 14.9. The Hall–Kier alpha value is -3.68. The second-order valence-electron chi connectivity index (χ2n) is 9.69.